The summed E-state index contributed by atoms with van der Waals surface area (Å²) in [5, 5.41) is 9.89. The summed E-state index contributed by atoms with van der Waals surface area (Å²) in [5.41, 5.74) is 3.65. The van der Waals surface area contributed by atoms with E-state index in [2.05, 4.69) is 31.9 Å². The number of anilines is 1. The van der Waals surface area contributed by atoms with Gasteiger partial charge >= 0.3 is 6.09 Å². The third-order valence-corrected chi connectivity index (χ3v) is 11.1. The Morgan fingerprint density at radius 1 is 1.04 bits per heavy atom. The second kappa shape index (κ2) is 15.3. The molecule has 11 nitrogen and oxygen atoms in total. The van der Waals surface area contributed by atoms with Crippen LogP contribution in [-0.4, -0.2) is 88.2 Å². The van der Waals surface area contributed by atoms with Gasteiger partial charge in [-0.3, -0.25) is 14.7 Å². The zero-order valence-electron chi connectivity index (χ0n) is 29.7. The molecular weight excluding hydrogens is 620 g/mol. The number of hydrogen-bond acceptors (Lipinski definition) is 8. The lowest BCUT2D eigenvalue weighted by Gasteiger charge is -2.44. The highest BCUT2D eigenvalue weighted by Gasteiger charge is 2.39. The highest BCUT2D eigenvalue weighted by atomic mass is 16.5. The number of carbonyl (C=O) groups excluding carboxylic acids is 1. The summed E-state index contributed by atoms with van der Waals surface area (Å²) in [6.45, 7) is 8.74. The molecule has 4 heterocycles. The van der Waals surface area contributed by atoms with Crippen LogP contribution in [0.1, 0.15) is 94.3 Å². The van der Waals surface area contributed by atoms with Gasteiger partial charge in [0, 0.05) is 61.4 Å². The first-order valence-electron chi connectivity index (χ1n) is 18.0. The van der Waals surface area contributed by atoms with Crippen LogP contribution in [0.4, 0.5) is 10.6 Å². The van der Waals surface area contributed by atoms with Crippen LogP contribution < -0.4 is 9.64 Å². The molecule has 11 heteroatoms. The van der Waals surface area contributed by atoms with Gasteiger partial charge in [0.2, 0.25) is 5.91 Å². The van der Waals surface area contributed by atoms with Crippen molar-refractivity contribution in [3.8, 4) is 17.0 Å². The number of piperazine rings is 1. The summed E-state index contributed by atoms with van der Waals surface area (Å²) in [6, 6.07) is 7.98. The summed E-state index contributed by atoms with van der Waals surface area (Å²) in [7, 11) is 3.74. The fourth-order valence-corrected chi connectivity index (χ4v) is 8.18. The molecule has 0 bridgehead atoms. The van der Waals surface area contributed by atoms with Gasteiger partial charge in [0.1, 0.15) is 23.5 Å². The molecule has 1 N–H and O–H groups in total. The van der Waals surface area contributed by atoms with Crippen molar-refractivity contribution in [1.82, 2.24) is 24.8 Å². The van der Waals surface area contributed by atoms with E-state index in [4.69, 9.17) is 24.1 Å². The second-order valence-corrected chi connectivity index (χ2v) is 14.7. The number of amides is 2. The zero-order chi connectivity index (χ0) is 34.7. The van der Waals surface area contributed by atoms with Crippen molar-refractivity contribution in [3.05, 3.63) is 54.0 Å². The van der Waals surface area contributed by atoms with Gasteiger partial charge in [0.05, 0.1) is 18.8 Å². The lowest BCUT2D eigenvalue weighted by atomic mass is 9.76. The highest BCUT2D eigenvalue weighted by molar-refractivity contribution is 5.94. The number of carbonyl (C=O) groups is 2. The van der Waals surface area contributed by atoms with Gasteiger partial charge in [0.25, 0.3) is 0 Å². The number of oxazole rings is 1. The van der Waals surface area contributed by atoms with E-state index in [9.17, 15) is 14.7 Å². The third-order valence-electron chi connectivity index (χ3n) is 11.1. The molecule has 3 aliphatic rings. The summed E-state index contributed by atoms with van der Waals surface area (Å²) in [5.74, 6) is 3.32. The van der Waals surface area contributed by atoms with E-state index >= 15 is 0 Å². The number of aryl methyl sites for hydroxylation is 1. The van der Waals surface area contributed by atoms with E-state index in [1.807, 2.05) is 30.0 Å². The maximum atomic E-state index is 14.5. The average Bonchev–Trinajstić information content (AvgIpc) is 3.62. The molecule has 2 amide bonds. The summed E-state index contributed by atoms with van der Waals surface area (Å²) in [4.78, 5) is 46.7. The molecule has 1 unspecified atom stereocenters. The topological polar surface area (TPSA) is 125 Å². The molecule has 1 saturated heterocycles. The van der Waals surface area contributed by atoms with Gasteiger partial charge in [0.15, 0.2) is 5.89 Å². The Bertz CT molecular complexity index is 1590. The number of ether oxygens (including phenoxy) is 1. The van der Waals surface area contributed by atoms with E-state index in [0.29, 0.717) is 36.6 Å². The van der Waals surface area contributed by atoms with E-state index in [1.54, 1.807) is 24.5 Å². The van der Waals surface area contributed by atoms with Crippen LogP contribution in [0.15, 0.2) is 41.1 Å². The van der Waals surface area contributed by atoms with Crippen LogP contribution in [-0.2, 0) is 4.79 Å². The quantitative estimate of drug-likeness (QED) is 0.256. The molecule has 0 aromatic carbocycles. The molecular formula is C38H52N6O5. The van der Waals surface area contributed by atoms with Gasteiger partial charge in [-0.25, -0.2) is 14.8 Å². The minimum atomic E-state index is -0.839. The Hall–Kier alpha value is -3.99. The first-order valence-corrected chi connectivity index (χ1v) is 18.0. The fraction of sp³-hybridized carbons (Fsp3) is 0.605. The van der Waals surface area contributed by atoms with E-state index in [-0.39, 0.29) is 29.7 Å². The van der Waals surface area contributed by atoms with Crippen LogP contribution in [0.5, 0.6) is 5.75 Å². The highest BCUT2D eigenvalue weighted by Crippen LogP contribution is 2.39. The predicted octanol–water partition coefficient (Wildman–Crippen LogP) is 6.98. The first kappa shape index (κ1) is 34.9. The van der Waals surface area contributed by atoms with Crippen molar-refractivity contribution in [2.45, 2.75) is 90.0 Å². The van der Waals surface area contributed by atoms with Crippen molar-refractivity contribution < 1.29 is 23.8 Å². The Morgan fingerprint density at radius 3 is 2.45 bits per heavy atom. The number of rotatable bonds is 9. The normalized spacial score (nSPS) is 24.9. The van der Waals surface area contributed by atoms with Crippen molar-refractivity contribution in [2.75, 3.05) is 45.2 Å². The maximum absolute atomic E-state index is 14.5. The van der Waals surface area contributed by atoms with Crippen molar-refractivity contribution in [3.63, 3.8) is 0 Å². The standard InChI is InChI=1S/C38H52N6O5/c1-24(2)36-41-32(23-49-36)30-16-17-39-35(20-30)44(21-26-6-8-27(9-7-26)31-14-15-34(48-5)25(3)40-31)37(45)29-12-10-28(11-13-29)33-22-42(4)18-19-43(33)38(46)47/h14-17,20,23-24,26-29,33H,6-13,18-19,21-22H2,1-5H3,(H,46,47). The van der Waals surface area contributed by atoms with Crippen molar-refractivity contribution >= 4 is 17.8 Å². The Labute approximate surface area is 290 Å². The average molecular weight is 673 g/mol. The second-order valence-electron chi connectivity index (χ2n) is 14.7. The lowest BCUT2D eigenvalue weighted by molar-refractivity contribution is -0.124. The van der Waals surface area contributed by atoms with Gasteiger partial charge in [-0.05, 0) is 101 Å². The van der Waals surface area contributed by atoms with Crippen molar-refractivity contribution in [2.24, 2.45) is 17.8 Å². The minimum absolute atomic E-state index is 0.0286. The molecule has 264 valence electrons. The molecule has 0 spiro atoms. The van der Waals surface area contributed by atoms with E-state index in [0.717, 1.165) is 92.9 Å². The summed E-state index contributed by atoms with van der Waals surface area (Å²) < 4.78 is 11.2. The Kier molecular flexibility index (Phi) is 10.9. The maximum Gasteiger partial charge on any atom is 0.407 e. The molecule has 3 aromatic heterocycles. The van der Waals surface area contributed by atoms with Crippen LogP contribution in [0.3, 0.4) is 0 Å². The van der Waals surface area contributed by atoms with Gasteiger partial charge in [-0.2, -0.15) is 0 Å². The van der Waals surface area contributed by atoms with Crippen LogP contribution >= 0.6 is 0 Å². The molecule has 1 atom stereocenters. The Balaban J connectivity index is 1.18. The SMILES string of the molecule is COc1ccc(C2CCC(CN(C(=O)C3CCC(C4CN(C)CCN4C(=O)O)CC3)c3cc(-c4coc(C(C)C)n4)ccn3)CC2)nc1C. The summed E-state index contributed by atoms with van der Waals surface area (Å²) >= 11 is 0. The molecule has 1 aliphatic heterocycles. The minimum Gasteiger partial charge on any atom is -0.495 e. The summed E-state index contributed by atoms with van der Waals surface area (Å²) in [6.07, 6.45) is 9.87. The molecule has 3 fully saturated rings. The number of nitrogens with zero attached hydrogens (tertiary/aromatic N) is 6. The van der Waals surface area contributed by atoms with Gasteiger partial charge < -0.3 is 24.1 Å². The molecule has 2 saturated carbocycles. The largest absolute Gasteiger partial charge is 0.495 e. The number of pyridine rings is 2. The number of likely N-dealkylation sites (N-methyl/N-ethyl adjacent to an activating group) is 1. The fourth-order valence-electron chi connectivity index (χ4n) is 8.18. The smallest absolute Gasteiger partial charge is 0.407 e. The van der Waals surface area contributed by atoms with E-state index < -0.39 is 6.09 Å². The molecule has 6 rings (SSSR count). The number of aromatic nitrogens is 3. The van der Waals surface area contributed by atoms with Crippen LogP contribution in [0, 0.1) is 24.7 Å². The van der Waals surface area contributed by atoms with Crippen LogP contribution in [0.2, 0.25) is 0 Å². The molecule has 49 heavy (non-hydrogen) atoms. The van der Waals surface area contributed by atoms with Crippen LogP contribution in [0.25, 0.3) is 11.3 Å². The number of methoxy groups -OCH3 is 1. The zero-order valence-corrected chi connectivity index (χ0v) is 29.7. The Morgan fingerprint density at radius 2 is 1.80 bits per heavy atom. The monoisotopic (exact) mass is 672 g/mol. The third kappa shape index (κ3) is 7.92. The van der Waals surface area contributed by atoms with Gasteiger partial charge in [-0.1, -0.05) is 13.8 Å². The molecule has 2 aliphatic carbocycles. The van der Waals surface area contributed by atoms with Gasteiger partial charge in [-0.15, -0.1) is 0 Å². The number of hydrogen-bond donors (Lipinski definition) is 1. The number of carboxylic acid groups (broad SMARTS) is 1. The molecule has 0 radical (unpaired) electrons. The van der Waals surface area contributed by atoms with Crippen molar-refractivity contribution in [1.29, 1.82) is 0 Å². The van der Waals surface area contributed by atoms with E-state index in [1.165, 1.54) is 0 Å². The molecule has 3 aromatic rings. The lowest BCUT2D eigenvalue weighted by Crippen LogP contribution is -2.57. The first-order chi connectivity index (χ1) is 23.6. The predicted molar refractivity (Wildman–Crippen MR) is 188 cm³/mol.